The average molecular weight is 294 g/mol. The quantitative estimate of drug-likeness (QED) is 0.891. The number of carboxylic acid groups (broad SMARTS) is 1. The molecule has 2 N–H and O–H groups in total. The van der Waals surface area contributed by atoms with Crippen molar-refractivity contribution < 1.29 is 23.1 Å². The summed E-state index contributed by atoms with van der Waals surface area (Å²) in [4.78, 5) is 11.0. The number of carbonyl (C=O) groups is 1. The van der Waals surface area contributed by atoms with Crippen molar-refractivity contribution in [3.8, 4) is 0 Å². The molecular weight excluding hydrogens is 283 g/mol. The van der Waals surface area contributed by atoms with Gasteiger partial charge in [-0.05, 0) is 37.0 Å². The van der Waals surface area contributed by atoms with E-state index in [1.54, 1.807) is 0 Å². The lowest BCUT2D eigenvalue weighted by molar-refractivity contribution is -0.138. The Bertz CT molecular complexity index is 500. The Morgan fingerprint density at radius 3 is 2.53 bits per heavy atom. The molecule has 0 amide bonds. The Balaban J connectivity index is 2.23. The second-order valence-electron chi connectivity index (χ2n) is 4.49. The summed E-state index contributed by atoms with van der Waals surface area (Å²) in [6.07, 6.45) is -3.03. The third-order valence-corrected chi connectivity index (χ3v) is 3.28. The maximum Gasteiger partial charge on any atom is 0.417 e. The average Bonchev–Trinajstić information content (AvgIpc) is 3.09. The van der Waals surface area contributed by atoms with Crippen LogP contribution in [0, 0.1) is 5.92 Å². The third kappa shape index (κ3) is 3.32. The van der Waals surface area contributed by atoms with Crippen molar-refractivity contribution in [2.24, 2.45) is 5.92 Å². The highest BCUT2D eigenvalue weighted by molar-refractivity contribution is 6.31. The number of rotatable bonds is 4. The van der Waals surface area contributed by atoms with Crippen LogP contribution in [-0.4, -0.2) is 17.1 Å². The maximum absolute atomic E-state index is 12.7. The lowest BCUT2D eigenvalue weighted by Gasteiger charge is -2.17. The van der Waals surface area contributed by atoms with Crippen LogP contribution in [0.25, 0.3) is 0 Å². The van der Waals surface area contributed by atoms with Crippen molar-refractivity contribution in [2.75, 3.05) is 5.32 Å². The van der Waals surface area contributed by atoms with Crippen LogP contribution in [0.2, 0.25) is 5.02 Å². The van der Waals surface area contributed by atoms with E-state index in [2.05, 4.69) is 5.32 Å². The predicted molar refractivity (Wildman–Crippen MR) is 64.2 cm³/mol. The van der Waals surface area contributed by atoms with Crippen LogP contribution in [-0.2, 0) is 11.0 Å². The van der Waals surface area contributed by atoms with Crippen molar-refractivity contribution >= 4 is 23.3 Å². The van der Waals surface area contributed by atoms with Gasteiger partial charge in [0.25, 0.3) is 0 Å². The normalized spacial score (nSPS) is 17.1. The largest absolute Gasteiger partial charge is 0.480 e. The highest BCUT2D eigenvalue weighted by Crippen LogP contribution is 2.38. The number of halogens is 4. The number of nitrogens with one attached hydrogen (secondary N) is 1. The number of carboxylic acids is 1. The van der Waals surface area contributed by atoms with E-state index >= 15 is 0 Å². The van der Waals surface area contributed by atoms with Crippen molar-refractivity contribution in [3.05, 3.63) is 28.8 Å². The van der Waals surface area contributed by atoms with E-state index in [-0.39, 0.29) is 11.6 Å². The first-order valence-corrected chi connectivity index (χ1v) is 6.03. The molecule has 19 heavy (non-hydrogen) atoms. The summed E-state index contributed by atoms with van der Waals surface area (Å²) in [5, 5.41) is 11.2. The molecule has 1 saturated carbocycles. The summed E-state index contributed by atoms with van der Waals surface area (Å²) in [6, 6.07) is 2.43. The third-order valence-electron chi connectivity index (χ3n) is 2.95. The van der Waals surface area contributed by atoms with Gasteiger partial charge in [0.05, 0.1) is 10.6 Å². The van der Waals surface area contributed by atoms with Crippen LogP contribution < -0.4 is 5.32 Å². The van der Waals surface area contributed by atoms with Crippen LogP contribution in [0.15, 0.2) is 18.2 Å². The van der Waals surface area contributed by atoms with Gasteiger partial charge in [-0.15, -0.1) is 0 Å². The molecule has 0 heterocycles. The van der Waals surface area contributed by atoms with Gasteiger partial charge < -0.3 is 10.4 Å². The van der Waals surface area contributed by atoms with Gasteiger partial charge in [-0.25, -0.2) is 4.79 Å². The Morgan fingerprint density at radius 1 is 1.42 bits per heavy atom. The van der Waals surface area contributed by atoms with Crippen molar-refractivity contribution in [3.63, 3.8) is 0 Å². The smallest absolute Gasteiger partial charge is 0.417 e. The lowest BCUT2D eigenvalue weighted by Crippen LogP contribution is -2.31. The number of hydrogen-bond acceptors (Lipinski definition) is 2. The first-order chi connectivity index (χ1) is 8.79. The molecule has 0 aromatic heterocycles. The molecule has 1 fully saturated rings. The molecule has 104 valence electrons. The molecule has 1 aromatic rings. The molecule has 2 rings (SSSR count). The zero-order valence-electron chi connectivity index (χ0n) is 9.67. The number of hydrogen-bond donors (Lipinski definition) is 2. The summed E-state index contributed by atoms with van der Waals surface area (Å²) < 4.78 is 38.0. The van der Waals surface area contributed by atoms with Crippen LogP contribution in [0.3, 0.4) is 0 Å². The molecule has 1 aliphatic carbocycles. The standard InChI is InChI=1S/C12H11ClF3NO2/c13-9-4-3-7(5-8(9)12(14,15)16)17-10(11(18)19)6-1-2-6/h3-6,10,17H,1-2H2,(H,18,19). The molecule has 1 aromatic carbocycles. The topological polar surface area (TPSA) is 49.3 Å². The summed E-state index contributed by atoms with van der Waals surface area (Å²) in [5.41, 5.74) is -0.866. The van der Waals surface area contributed by atoms with Gasteiger partial charge in [-0.1, -0.05) is 11.6 Å². The number of benzene rings is 1. The van der Waals surface area contributed by atoms with Gasteiger partial charge in [0.15, 0.2) is 0 Å². The zero-order valence-corrected chi connectivity index (χ0v) is 10.4. The fourth-order valence-electron chi connectivity index (χ4n) is 1.82. The van der Waals surface area contributed by atoms with Crippen molar-refractivity contribution in [1.29, 1.82) is 0 Å². The highest BCUT2D eigenvalue weighted by Gasteiger charge is 2.37. The van der Waals surface area contributed by atoms with Gasteiger partial charge in [0.1, 0.15) is 6.04 Å². The van der Waals surface area contributed by atoms with Crippen LogP contribution in [0.4, 0.5) is 18.9 Å². The van der Waals surface area contributed by atoms with Gasteiger partial charge in [-0.3, -0.25) is 0 Å². The van der Waals surface area contributed by atoms with Crippen molar-refractivity contribution in [2.45, 2.75) is 25.1 Å². The molecule has 1 atom stereocenters. The Hall–Kier alpha value is -1.43. The van der Waals surface area contributed by atoms with Crippen LogP contribution in [0.5, 0.6) is 0 Å². The second kappa shape index (κ2) is 4.92. The molecule has 3 nitrogen and oxygen atoms in total. The summed E-state index contributed by atoms with van der Waals surface area (Å²) in [7, 11) is 0. The Labute approximate surface area is 112 Å². The number of alkyl halides is 3. The molecule has 0 bridgehead atoms. The van der Waals surface area contributed by atoms with Crippen LogP contribution >= 0.6 is 11.6 Å². The van der Waals surface area contributed by atoms with E-state index in [9.17, 15) is 18.0 Å². The van der Waals surface area contributed by atoms with Gasteiger partial charge in [0.2, 0.25) is 0 Å². The maximum atomic E-state index is 12.7. The predicted octanol–water partition coefficient (Wildman–Crippen LogP) is 3.63. The zero-order chi connectivity index (χ0) is 14.2. The summed E-state index contributed by atoms with van der Waals surface area (Å²) in [6.45, 7) is 0. The molecular formula is C12H11ClF3NO2. The van der Waals surface area contributed by atoms with Gasteiger partial charge in [0, 0.05) is 5.69 Å². The molecule has 1 unspecified atom stereocenters. The van der Waals surface area contributed by atoms with E-state index in [1.165, 1.54) is 6.07 Å². The highest BCUT2D eigenvalue weighted by atomic mass is 35.5. The summed E-state index contributed by atoms with van der Waals surface area (Å²) >= 11 is 5.49. The van der Waals surface area contributed by atoms with E-state index in [1.807, 2.05) is 0 Å². The molecule has 0 saturated heterocycles. The van der Waals surface area contributed by atoms with Crippen molar-refractivity contribution in [1.82, 2.24) is 0 Å². The second-order valence-corrected chi connectivity index (χ2v) is 4.90. The summed E-state index contributed by atoms with van der Waals surface area (Å²) in [5.74, 6) is -1.09. The number of anilines is 1. The fraction of sp³-hybridized carbons (Fsp3) is 0.417. The molecule has 0 aliphatic heterocycles. The Morgan fingerprint density at radius 2 is 2.05 bits per heavy atom. The fourth-order valence-corrected chi connectivity index (χ4v) is 2.05. The van der Waals surface area contributed by atoms with E-state index in [0.717, 1.165) is 25.0 Å². The lowest BCUT2D eigenvalue weighted by atomic mass is 10.1. The molecule has 1 aliphatic rings. The first kappa shape index (κ1) is 14.0. The minimum atomic E-state index is -4.56. The minimum absolute atomic E-state index is 0.0254. The van der Waals surface area contributed by atoms with E-state index < -0.39 is 28.8 Å². The molecule has 0 radical (unpaired) electrons. The molecule has 7 heteroatoms. The minimum Gasteiger partial charge on any atom is -0.480 e. The van der Waals surface area contributed by atoms with Gasteiger partial charge >= 0.3 is 12.1 Å². The SMILES string of the molecule is O=C(O)C(Nc1ccc(Cl)c(C(F)(F)F)c1)C1CC1. The van der Waals surface area contributed by atoms with E-state index in [0.29, 0.717) is 0 Å². The Kier molecular flexibility index (Phi) is 3.62. The monoisotopic (exact) mass is 293 g/mol. The molecule has 0 spiro atoms. The first-order valence-electron chi connectivity index (χ1n) is 5.65. The van der Waals surface area contributed by atoms with Gasteiger partial charge in [-0.2, -0.15) is 13.2 Å². The van der Waals surface area contributed by atoms with Crippen LogP contribution in [0.1, 0.15) is 18.4 Å². The van der Waals surface area contributed by atoms with E-state index in [4.69, 9.17) is 16.7 Å². The number of aliphatic carboxylic acids is 1.